The highest BCUT2D eigenvalue weighted by molar-refractivity contribution is 5.80. The van der Waals surface area contributed by atoms with Crippen LogP contribution in [0.5, 0.6) is 0 Å². The fraction of sp³-hybridized carbons (Fsp3) is 0.923. The molecule has 0 aromatic heterocycles. The molecule has 0 N–H and O–H groups in total. The number of hydrogen-bond donors (Lipinski definition) is 0. The number of carbonyl (C=O) groups excluding carboxylic acids is 1. The lowest BCUT2D eigenvalue weighted by atomic mass is 10.0. The normalized spacial score (nSPS) is 31.1. The third-order valence-electron chi connectivity index (χ3n) is 3.97. The first-order valence-electron chi connectivity index (χ1n) is 6.58. The molecule has 0 saturated carbocycles. The SMILES string of the molecule is CCCCCCN1C2CCC1CC(=O)C2. The minimum atomic E-state index is 0.507. The maximum Gasteiger partial charge on any atom is 0.136 e. The first-order valence-corrected chi connectivity index (χ1v) is 6.58. The Bertz CT molecular complexity index is 211. The van der Waals surface area contributed by atoms with Gasteiger partial charge in [0.1, 0.15) is 5.78 Å². The molecule has 0 radical (unpaired) electrons. The van der Waals surface area contributed by atoms with Crippen LogP contribution in [0.15, 0.2) is 0 Å². The number of piperidine rings is 1. The van der Waals surface area contributed by atoms with Gasteiger partial charge in [0.05, 0.1) is 0 Å². The standard InChI is InChI=1S/C13H23NO/c1-2-3-4-5-8-14-11-6-7-12(14)10-13(15)9-11/h11-12H,2-10H2,1H3. The van der Waals surface area contributed by atoms with Crippen molar-refractivity contribution in [1.82, 2.24) is 4.90 Å². The fourth-order valence-electron chi connectivity index (χ4n) is 3.15. The van der Waals surface area contributed by atoms with Gasteiger partial charge in [-0.1, -0.05) is 26.2 Å². The van der Waals surface area contributed by atoms with Gasteiger partial charge in [-0.25, -0.2) is 0 Å². The average molecular weight is 209 g/mol. The van der Waals surface area contributed by atoms with E-state index in [4.69, 9.17) is 0 Å². The molecule has 2 rings (SSSR count). The highest BCUT2D eigenvalue weighted by Gasteiger charge is 2.39. The molecule has 2 unspecified atom stereocenters. The van der Waals surface area contributed by atoms with Gasteiger partial charge in [0.25, 0.3) is 0 Å². The predicted octanol–water partition coefficient (Wildman–Crippen LogP) is 2.76. The number of rotatable bonds is 5. The average Bonchev–Trinajstić information content (AvgIpc) is 2.46. The zero-order valence-electron chi connectivity index (χ0n) is 9.87. The first-order chi connectivity index (χ1) is 7.31. The molecule has 2 heteroatoms. The second-order valence-corrected chi connectivity index (χ2v) is 5.13. The highest BCUT2D eigenvalue weighted by atomic mass is 16.1. The van der Waals surface area contributed by atoms with Crippen LogP contribution >= 0.6 is 0 Å². The zero-order valence-corrected chi connectivity index (χ0v) is 9.87. The van der Waals surface area contributed by atoms with Crippen LogP contribution < -0.4 is 0 Å². The monoisotopic (exact) mass is 209 g/mol. The van der Waals surface area contributed by atoms with Crippen LogP contribution in [0.4, 0.5) is 0 Å². The number of unbranched alkanes of at least 4 members (excludes halogenated alkanes) is 3. The van der Waals surface area contributed by atoms with Crippen LogP contribution in [0.25, 0.3) is 0 Å². The summed E-state index contributed by atoms with van der Waals surface area (Å²) in [7, 11) is 0. The summed E-state index contributed by atoms with van der Waals surface area (Å²) in [4.78, 5) is 14.0. The topological polar surface area (TPSA) is 20.3 Å². The van der Waals surface area contributed by atoms with Crippen molar-refractivity contribution in [2.24, 2.45) is 0 Å². The molecule has 2 aliphatic heterocycles. The lowest BCUT2D eigenvalue weighted by Gasteiger charge is -2.33. The van der Waals surface area contributed by atoms with Crippen molar-refractivity contribution in [2.75, 3.05) is 6.54 Å². The Kier molecular flexibility index (Phi) is 3.79. The number of ketones is 1. The molecule has 2 bridgehead atoms. The van der Waals surface area contributed by atoms with Crippen LogP contribution in [-0.4, -0.2) is 29.3 Å². The molecule has 0 amide bonds. The molecule has 2 fully saturated rings. The Morgan fingerprint density at radius 3 is 2.40 bits per heavy atom. The van der Waals surface area contributed by atoms with E-state index in [-0.39, 0.29) is 0 Å². The van der Waals surface area contributed by atoms with E-state index >= 15 is 0 Å². The van der Waals surface area contributed by atoms with E-state index in [1.54, 1.807) is 0 Å². The maximum absolute atomic E-state index is 11.4. The minimum Gasteiger partial charge on any atom is -0.300 e. The third-order valence-corrected chi connectivity index (χ3v) is 3.97. The molecule has 0 aromatic rings. The van der Waals surface area contributed by atoms with Gasteiger partial charge in [-0.2, -0.15) is 0 Å². The summed E-state index contributed by atoms with van der Waals surface area (Å²) in [6, 6.07) is 1.22. The molecule has 0 aromatic carbocycles. The molecular formula is C13H23NO. The van der Waals surface area contributed by atoms with Crippen molar-refractivity contribution < 1.29 is 4.79 Å². The quantitative estimate of drug-likeness (QED) is 0.649. The van der Waals surface area contributed by atoms with E-state index in [9.17, 15) is 4.79 Å². The molecule has 2 saturated heterocycles. The third kappa shape index (κ3) is 2.60. The summed E-state index contributed by atoms with van der Waals surface area (Å²) in [5.41, 5.74) is 0. The lowest BCUT2D eigenvalue weighted by molar-refractivity contribution is -0.123. The summed E-state index contributed by atoms with van der Waals surface area (Å²) < 4.78 is 0. The van der Waals surface area contributed by atoms with E-state index < -0.39 is 0 Å². The van der Waals surface area contributed by atoms with Crippen molar-refractivity contribution in [1.29, 1.82) is 0 Å². The van der Waals surface area contributed by atoms with Crippen molar-refractivity contribution >= 4 is 5.78 Å². The summed E-state index contributed by atoms with van der Waals surface area (Å²) in [5.74, 6) is 0.507. The Labute approximate surface area is 93.0 Å². The second-order valence-electron chi connectivity index (χ2n) is 5.13. The largest absolute Gasteiger partial charge is 0.300 e. The second kappa shape index (κ2) is 5.11. The van der Waals surface area contributed by atoms with Crippen molar-refractivity contribution in [2.45, 2.75) is 70.4 Å². The summed E-state index contributed by atoms with van der Waals surface area (Å²) in [6.45, 7) is 3.49. The number of nitrogens with zero attached hydrogens (tertiary/aromatic N) is 1. The molecule has 0 spiro atoms. The maximum atomic E-state index is 11.4. The molecule has 15 heavy (non-hydrogen) atoms. The van der Waals surface area contributed by atoms with Crippen LogP contribution in [0.2, 0.25) is 0 Å². The fourth-order valence-corrected chi connectivity index (χ4v) is 3.15. The number of fused-ring (bicyclic) bond motifs is 2. The van der Waals surface area contributed by atoms with Crippen LogP contribution in [0, 0.1) is 0 Å². The smallest absolute Gasteiger partial charge is 0.136 e. The molecule has 0 aliphatic carbocycles. The van der Waals surface area contributed by atoms with E-state index in [0.29, 0.717) is 17.9 Å². The number of Topliss-reactive ketones (excluding diaryl/α,β-unsaturated/α-hetero) is 1. The van der Waals surface area contributed by atoms with Crippen molar-refractivity contribution in [3.8, 4) is 0 Å². The summed E-state index contributed by atoms with van der Waals surface area (Å²) in [5, 5.41) is 0. The van der Waals surface area contributed by atoms with Gasteiger partial charge < -0.3 is 0 Å². The van der Waals surface area contributed by atoms with Crippen LogP contribution in [0.3, 0.4) is 0 Å². The molecule has 2 heterocycles. The molecule has 2 nitrogen and oxygen atoms in total. The zero-order chi connectivity index (χ0) is 10.7. The summed E-state index contributed by atoms with van der Waals surface area (Å²) in [6.07, 6.45) is 9.58. The van der Waals surface area contributed by atoms with E-state index in [0.717, 1.165) is 12.8 Å². The van der Waals surface area contributed by atoms with E-state index in [1.165, 1.54) is 45.1 Å². The first kappa shape index (κ1) is 11.1. The van der Waals surface area contributed by atoms with Gasteiger partial charge in [0.2, 0.25) is 0 Å². The van der Waals surface area contributed by atoms with Crippen molar-refractivity contribution in [3.63, 3.8) is 0 Å². The van der Waals surface area contributed by atoms with Gasteiger partial charge in [-0.15, -0.1) is 0 Å². The van der Waals surface area contributed by atoms with Gasteiger partial charge >= 0.3 is 0 Å². The minimum absolute atomic E-state index is 0.507. The number of hydrogen-bond acceptors (Lipinski definition) is 2. The Morgan fingerprint density at radius 2 is 1.80 bits per heavy atom. The lowest BCUT2D eigenvalue weighted by Crippen LogP contribution is -2.43. The van der Waals surface area contributed by atoms with Crippen LogP contribution in [0.1, 0.15) is 58.3 Å². The predicted molar refractivity (Wildman–Crippen MR) is 61.9 cm³/mol. The Hall–Kier alpha value is -0.370. The molecule has 86 valence electrons. The Morgan fingerprint density at radius 1 is 1.13 bits per heavy atom. The van der Waals surface area contributed by atoms with Gasteiger partial charge in [-0.05, 0) is 25.8 Å². The van der Waals surface area contributed by atoms with Gasteiger partial charge in [0, 0.05) is 24.9 Å². The van der Waals surface area contributed by atoms with Gasteiger partial charge in [-0.3, -0.25) is 9.69 Å². The van der Waals surface area contributed by atoms with Crippen LogP contribution in [-0.2, 0) is 4.79 Å². The molecular weight excluding hydrogens is 186 g/mol. The van der Waals surface area contributed by atoms with E-state index in [1.807, 2.05) is 0 Å². The molecule has 2 aliphatic rings. The Balaban J connectivity index is 1.76. The summed E-state index contributed by atoms with van der Waals surface area (Å²) >= 11 is 0. The van der Waals surface area contributed by atoms with E-state index in [2.05, 4.69) is 11.8 Å². The number of carbonyl (C=O) groups is 1. The highest BCUT2D eigenvalue weighted by Crippen LogP contribution is 2.33. The van der Waals surface area contributed by atoms with Gasteiger partial charge in [0.15, 0.2) is 0 Å². The van der Waals surface area contributed by atoms with Crippen molar-refractivity contribution in [3.05, 3.63) is 0 Å². The molecule has 2 atom stereocenters.